The molecule has 1 saturated heterocycles. The highest BCUT2D eigenvalue weighted by Crippen LogP contribution is 2.32. The molecule has 0 saturated carbocycles. The predicted octanol–water partition coefficient (Wildman–Crippen LogP) is -1.19. The third-order valence-corrected chi connectivity index (χ3v) is 3.56. The summed E-state index contributed by atoms with van der Waals surface area (Å²) < 4.78 is 12.6. The van der Waals surface area contributed by atoms with E-state index in [1.807, 2.05) is 0 Å². The van der Waals surface area contributed by atoms with E-state index in [4.69, 9.17) is 15.2 Å². The first-order chi connectivity index (χ1) is 11.0. The molecule has 0 aromatic carbocycles. The lowest BCUT2D eigenvalue weighted by atomic mass is 10.2. The monoisotopic (exact) mass is 325 g/mol. The van der Waals surface area contributed by atoms with Gasteiger partial charge in [0.05, 0.1) is 25.1 Å². The molecule has 0 amide bonds. The Hall–Kier alpha value is -2.01. The fourth-order valence-electron chi connectivity index (χ4n) is 2.47. The average molecular weight is 325 g/mol. The minimum atomic E-state index is -0.771. The summed E-state index contributed by atoms with van der Waals surface area (Å²) >= 11 is 0. The highest BCUT2D eigenvalue weighted by atomic mass is 16.5. The first kappa shape index (κ1) is 15.9. The number of aromatic nitrogens is 4. The van der Waals surface area contributed by atoms with Gasteiger partial charge in [-0.05, 0) is 6.92 Å². The second kappa shape index (κ2) is 6.24. The van der Waals surface area contributed by atoms with Crippen LogP contribution in [0.3, 0.4) is 0 Å². The van der Waals surface area contributed by atoms with Crippen molar-refractivity contribution in [2.45, 2.75) is 37.9 Å². The van der Waals surface area contributed by atoms with Crippen LogP contribution in [0.15, 0.2) is 6.33 Å². The van der Waals surface area contributed by atoms with Crippen LogP contribution in [-0.4, -0.2) is 66.4 Å². The molecule has 10 nitrogen and oxygen atoms in total. The van der Waals surface area contributed by atoms with Crippen molar-refractivity contribution >= 4 is 17.1 Å². The second-order valence-electron chi connectivity index (χ2n) is 5.49. The number of imidazole rings is 1. The van der Waals surface area contributed by atoms with Gasteiger partial charge in [0.2, 0.25) is 11.8 Å². The Labute approximate surface area is 131 Å². The number of ether oxygens (including phenoxy) is 2. The zero-order valence-electron chi connectivity index (χ0n) is 12.5. The Morgan fingerprint density at radius 1 is 1.52 bits per heavy atom. The van der Waals surface area contributed by atoms with Crippen LogP contribution in [0, 0.1) is 0 Å². The number of rotatable bonds is 5. The molecule has 4 atom stereocenters. The summed E-state index contributed by atoms with van der Waals surface area (Å²) in [5.74, 6) is 0.168. The van der Waals surface area contributed by atoms with Gasteiger partial charge in [-0.15, -0.1) is 0 Å². The molecule has 126 valence electrons. The fraction of sp³-hybridized carbons (Fsp3) is 0.615. The molecule has 3 rings (SSSR count). The van der Waals surface area contributed by atoms with Crippen molar-refractivity contribution in [2.75, 3.05) is 18.9 Å². The third kappa shape index (κ3) is 3.06. The van der Waals surface area contributed by atoms with Crippen molar-refractivity contribution in [1.29, 1.82) is 0 Å². The number of aliphatic hydroxyl groups is 3. The molecular formula is C13H19N5O5. The van der Waals surface area contributed by atoms with E-state index in [2.05, 4.69) is 15.0 Å². The van der Waals surface area contributed by atoms with E-state index in [0.717, 1.165) is 0 Å². The van der Waals surface area contributed by atoms with Gasteiger partial charge in [-0.2, -0.15) is 9.97 Å². The summed E-state index contributed by atoms with van der Waals surface area (Å²) in [5, 5.41) is 28.4. The standard InChI is InChI=1S/C13H19N5O5/c1-6(20)4-22-12-10-11(16-13(14)17-12)18(5-15-10)9-2-7(21)8(3-19)23-9/h5-9,19-21H,2-4H2,1H3,(H2,14,16,17)/t6?,7-,8+,9+/m0/s1. The van der Waals surface area contributed by atoms with E-state index in [1.54, 1.807) is 11.5 Å². The molecule has 0 aliphatic carbocycles. The summed E-state index contributed by atoms with van der Waals surface area (Å²) in [5.41, 5.74) is 6.48. The van der Waals surface area contributed by atoms with Crippen molar-refractivity contribution in [3.8, 4) is 5.88 Å². The minimum absolute atomic E-state index is 0.00269. The second-order valence-corrected chi connectivity index (χ2v) is 5.49. The maximum absolute atomic E-state index is 9.86. The molecule has 1 unspecified atom stereocenters. The van der Waals surface area contributed by atoms with E-state index in [0.29, 0.717) is 17.6 Å². The van der Waals surface area contributed by atoms with Gasteiger partial charge in [0.25, 0.3) is 0 Å². The topological polar surface area (TPSA) is 149 Å². The molecule has 5 N–H and O–H groups in total. The summed E-state index contributed by atoms with van der Waals surface area (Å²) in [6.07, 6.45) is -0.821. The molecule has 0 radical (unpaired) electrons. The van der Waals surface area contributed by atoms with Crippen LogP contribution in [0.2, 0.25) is 0 Å². The van der Waals surface area contributed by atoms with Gasteiger partial charge < -0.3 is 30.5 Å². The normalized spacial score (nSPS) is 25.8. The largest absolute Gasteiger partial charge is 0.473 e. The number of nitrogens with zero attached hydrogens (tertiary/aromatic N) is 4. The molecule has 1 aliphatic heterocycles. The third-order valence-electron chi connectivity index (χ3n) is 3.56. The molecule has 1 fully saturated rings. The molecule has 2 aromatic heterocycles. The maximum atomic E-state index is 9.86. The van der Waals surface area contributed by atoms with Crippen LogP contribution in [0.1, 0.15) is 19.6 Å². The summed E-state index contributed by atoms with van der Waals surface area (Å²) in [4.78, 5) is 12.3. The van der Waals surface area contributed by atoms with E-state index < -0.39 is 24.5 Å². The fourth-order valence-corrected chi connectivity index (χ4v) is 2.47. The van der Waals surface area contributed by atoms with E-state index in [1.165, 1.54) is 6.33 Å². The molecule has 0 spiro atoms. The van der Waals surface area contributed by atoms with E-state index >= 15 is 0 Å². The van der Waals surface area contributed by atoms with Crippen LogP contribution >= 0.6 is 0 Å². The number of nitrogens with two attached hydrogens (primary N) is 1. The number of fused-ring (bicyclic) bond motifs is 1. The number of hydrogen-bond acceptors (Lipinski definition) is 9. The van der Waals surface area contributed by atoms with Gasteiger partial charge in [-0.3, -0.25) is 4.57 Å². The predicted molar refractivity (Wildman–Crippen MR) is 78.5 cm³/mol. The summed E-state index contributed by atoms with van der Waals surface area (Å²) in [7, 11) is 0. The van der Waals surface area contributed by atoms with Gasteiger partial charge in [-0.1, -0.05) is 0 Å². The van der Waals surface area contributed by atoms with Crippen molar-refractivity contribution in [2.24, 2.45) is 0 Å². The van der Waals surface area contributed by atoms with Crippen LogP contribution in [0.25, 0.3) is 11.2 Å². The molecule has 2 aromatic rings. The molecule has 0 bridgehead atoms. The van der Waals surface area contributed by atoms with Crippen molar-refractivity contribution in [3.63, 3.8) is 0 Å². The SMILES string of the molecule is CC(O)COc1nc(N)nc2c1ncn2[C@H]1C[C@H](O)[C@@H](CO)O1. The minimum Gasteiger partial charge on any atom is -0.473 e. The number of anilines is 1. The van der Waals surface area contributed by atoms with Gasteiger partial charge in [-0.25, -0.2) is 4.98 Å². The highest BCUT2D eigenvalue weighted by Gasteiger charge is 2.35. The zero-order valence-corrected chi connectivity index (χ0v) is 12.5. The lowest BCUT2D eigenvalue weighted by Gasteiger charge is -2.14. The van der Waals surface area contributed by atoms with Gasteiger partial charge in [0.1, 0.15) is 18.9 Å². The molecular weight excluding hydrogens is 306 g/mol. The average Bonchev–Trinajstić information content (AvgIpc) is 3.07. The van der Waals surface area contributed by atoms with Crippen LogP contribution in [0.5, 0.6) is 5.88 Å². The van der Waals surface area contributed by atoms with Crippen molar-refractivity contribution in [3.05, 3.63) is 6.33 Å². The Kier molecular flexibility index (Phi) is 4.31. The molecule has 3 heterocycles. The molecule has 23 heavy (non-hydrogen) atoms. The number of hydrogen-bond donors (Lipinski definition) is 4. The van der Waals surface area contributed by atoms with Gasteiger partial charge in [0.15, 0.2) is 11.2 Å². The summed E-state index contributed by atoms with van der Waals surface area (Å²) in [6, 6.07) is 0. The maximum Gasteiger partial charge on any atom is 0.247 e. The van der Waals surface area contributed by atoms with E-state index in [-0.39, 0.29) is 25.0 Å². The lowest BCUT2D eigenvalue weighted by molar-refractivity contribution is -0.0432. The first-order valence-corrected chi connectivity index (χ1v) is 7.25. The Bertz CT molecular complexity index is 691. The molecule has 1 aliphatic rings. The zero-order chi connectivity index (χ0) is 16.6. The first-order valence-electron chi connectivity index (χ1n) is 7.25. The smallest absolute Gasteiger partial charge is 0.247 e. The Morgan fingerprint density at radius 2 is 2.30 bits per heavy atom. The van der Waals surface area contributed by atoms with Crippen molar-refractivity contribution < 1.29 is 24.8 Å². The summed E-state index contributed by atoms with van der Waals surface area (Å²) in [6.45, 7) is 1.36. The van der Waals surface area contributed by atoms with Gasteiger partial charge >= 0.3 is 0 Å². The van der Waals surface area contributed by atoms with E-state index in [9.17, 15) is 15.3 Å². The Balaban J connectivity index is 1.94. The van der Waals surface area contributed by atoms with Crippen LogP contribution < -0.4 is 10.5 Å². The lowest BCUT2D eigenvalue weighted by Crippen LogP contribution is -2.24. The van der Waals surface area contributed by atoms with Crippen LogP contribution in [-0.2, 0) is 4.74 Å². The number of nitrogen functional groups attached to an aromatic ring is 1. The number of aliphatic hydroxyl groups excluding tert-OH is 3. The van der Waals surface area contributed by atoms with Crippen molar-refractivity contribution in [1.82, 2.24) is 19.5 Å². The van der Waals surface area contributed by atoms with Gasteiger partial charge in [0, 0.05) is 6.42 Å². The van der Waals surface area contributed by atoms with Crippen LogP contribution in [0.4, 0.5) is 5.95 Å². The molecule has 10 heteroatoms. The quantitative estimate of drug-likeness (QED) is 0.532. The Morgan fingerprint density at radius 3 is 2.96 bits per heavy atom. The highest BCUT2D eigenvalue weighted by molar-refractivity contribution is 5.77.